The Morgan fingerprint density at radius 3 is 2.75 bits per heavy atom. The molecule has 0 spiro atoms. The summed E-state index contributed by atoms with van der Waals surface area (Å²) >= 11 is 0. The lowest BCUT2D eigenvalue weighted by molar-refractivity contribution is -0.120. The Morgan fingerprint density at radius 2 is 1.94 bits per heavy atom. The van der Waals surface area contributed by atoms with Gasteiger partial charge in [-0.3, -0.25) is 9.59 Å². The molecular formula is C29H31FN4O2. The Hall–Kier alpha value is -3.71. The number of halogens is 1. The first-order chi connectivity index (χ1) is 17.5. The van der Waals surface area contributed by atoms with Crippen molar-refractivity contribution in [1.29, 1.82) is 0 Å². The number of hydrogen-bond acceptors (Lipinski definition) is 3. The quantitative estimate of drug-likeness (QED) is 0.317. The van der Waals surface area contributed by atoms with Crippen LogP contribution >= 0.6 is 0 Å². The summed E-state index contributed by atoms with van der Waals surface area (Å²) in [7, 11) is 0. The van der Waals surface area contributed by atoms with Crippen molar-refractivity contribution in [1.82, 2.24) is 15.2 Å². The minimum absolute atomic E-state index is 0.0354. The van der Waals surface area contributed by atoms with Gasteiger partial charge >= 0.3 is 0 Å². The Kier molecular flexibility index (Phi) is 7.00. The first kappa shape index (κ1) is 24.0. The number of carbonyl (C=O) groups excluding carboxylic acids is 2. The molecule has 0 unspecified atom stereocenters. The van der Waals surface area contributed by atoms with E-state index in [1.807, 2.05) is 37.3 Å². The summed E-state index contributed by atoms with van der Waals surface area (Å²) in [4.78, 5) is 31.4. The molecule has 0 radical (unpaired) electrons. The third-order valence-corrected chi connectivity index (χ3v) is 6.84. The van der Waals surface area contributed by atoms with Crippen LogP contribution in [-0.2, 0) is 16.0 Å². The molecule has 0 atom stereocenters. The van der Waals surface area contributed by atoms with Crippen LogP contribution in [0.3, 0.4) is 0 Å². The van der Waals surface area contributed by atoms with Gasteiger partial charge in [0.1, 0.15) is 5.82 Å². The van der Waals surface area contributed by atoms with Crippen molar-refractivity contribution in [3.8, 4) is 11.1 Å². The van der Waals surface area contributed by atoms with E-state index in [-0.39, 0.29) is 24.1 Å². The van der Waals surface area contributed by atoms with E-state index in [4.69, 9.17) is 0 Å². The SMILES string of the molecule is Cc1cc(CC(=O)NCCCN2CCCC2)c(C=C2C(=O)Nc3cccc(-c4cccc(F)c4)c32)[nH]1. The number of anilines is 1. The van der Waals surface area contributed by atoms with E-state index in [2.05, 4.69) is 20.5 Å². The third-order valence-electron chi connectivity index (χ3n) is 6.84. The summed E-state index contributed by atoms with van der Waals surface area (Å²) in [5, 5.41) is 5.95. The van der Waals surface area contributed by atoms with E-state index in [0.717, 1.165) is 54.1 Å². The maximum atomic E-state index is 13.9. The van der Waals surface area contributed by atoms with E-state index < -0.39 is 0 Å². The normalized spacial score (nSPS) is 16.4. The molecule has 1 saturated heterocycles. The van der Waals surface area contributed by atoms with Gasteiger partial charge in [0.25, 0.3) is 5.91 Å². The molecule has 5 rings (SSSR count). The molecule has 2 aliphatic rings. The molecule has 3 aromatic rings. The number of H-pyrrole nitrogens is 1. The van der Waals surface area contributed by atoms with Gasteiger partial charge in [-0.1, -0.05) is 24.3 Å². The van der Waals surface area contributed by atoms with Crippen molar-refractivity contribution >= 4 is 29.2 Å². The number of aryl methyl sites for hydroxylation is 1. The van der Waals surface area contributed by atoms with Crippen molar-refractivity contribution in [2.24, 2.45) is 0 Å². The summed E-state index contributed by atoms with van der Waals surface area (Å²) in [6.45, 7) is 5.92. The molecule has 0 aliphatic carbocycles. The van der Waals surface area contributed by atoms with Crippen LogP contribution in [0.5, 0.6) is 0 Å². The van der Waals surface area contributed by atoms with Gasteiger partial charge in [-0.2, -0.15) is 0 Å². The molecule has 2 aromatic carbocycles. The fourth-order valence-electron chi connectivity index (χ4n) is 5.14. The van der Waals surface area contributed by atoms with Gasteiger partial charge in [-0.05, 0) is 92.9 Å². The van der Waals surface area contributed by atoms with Crippen molar-refractivity contribution < 1.29 is 14.0 Å². The largest absolute Gasteiger partial charge is 0.359 e. The highest BCUT2D eigenvalue weighted by Crippen LogP contribution is 2.40. The van der Waals surface area contributed by atoms with Crippen LogP contribution in [0.15, 0.2) is 48.5 Å². The maximum absolute atomic E-state index is 13.9. The Bertz CT molecular complexity index is 1320. The summed E-state index contributed by atoms with van der Waals surface area (Å²) in [6, 6.07) is 13.9. The van der Waals surface area contributed by atoms with Crippen LogP contribution in [0.4, 0.5) is 10.1 Å². The highest BCUT2D eigenvalue weighted by Gasteiger charge is 2.28. The second-order valence-corrected chi connectivity index (χ2v) is 9.57. The zero-order valence-corrected chi connectivity index (χ0v) is 20.5. The molecule has 1 aromatic heterocycles. The first-order valence-corrected chi connectivity index (χ1v) is 12.6. The van der Waals surface area contributed by atoms with Gasteiger partial charge in [0, 0.05) is 29.2 Å². The number of hydrogen-bond donors (Lipinski definition) is 3. The molecule has 1 fully saturated rings. The molecule has 7 heteroatoms. The average Bonchev–Trinajstić information content (AvgIpc) is 3.57. The van der Waals surface area contributed by atoms with Crippen LogP contribution in [-0.4, -0.2) is 47.9 Å². The molecule has 0 bridgehead atoms. The second-order valence-electron chi connectivity index (χ2n) is 9.57. The number of benzene rings is 2. The lowest BCUT2D eigenvalue weighted by Crippen LogP contribution is -2.29. The Morgan fingerprint density at radius 1 is 1.14 bits per heavy atom. The highest BCUT2D eigenvalue weighted by molar-refractivity contribution is 6.36. The number of likely N-dealkylation sites (tertiary alicyclic amines) is 1. The Labute approximate surface area is 210 Å². The van der Waals surface area contributed by atoms with Crippen molar-refractivity contribution in [3.05, 3.63) is 76.9 Å². The van der Waals surface area contributed by atoms with E-state index in [1.54, 1.807) is 12.1 Å². The van der Waals surface area contributed by atoms with Gasteiger partial charge in [0.2, 0.25) is 5.91 Å². The summed E-state index contributed by atoms with van der Waals surface area (Å²) in [6.07, 6.45) is 5.50. The van der Waals surface area contributed by atoms with Crippen LogP contribution in [0, 0.1) is 12.7 Å². The fourth-order valence-corrected chi connectivity index (χ4v) is 5.14. The topological polar surface area (TPSA) is 77.2 Å². The van der Waals surface area contributed by atoms with Gasteiger partial charge in [0.05, 0.1) is 12.0 Å². The predicted molar refractivity (Wildman–Crippen MR) is 141 cm³/mol. The third kappa shape index (κ3) is 5.26. The summed E-state index contributed by atoms with van der Waals surface area (Å²) in [5.41, 5.74) is 5.86. The van der Waals surface area contributed by atoms with E-state index in [0.29, 0.717) is 23.4 Å². The van der Waals surface area contributed by atoms with Gasteiger partial charge in [-0.25, -0.2) is 4.39 Å². The van der Waals surface area contributed by atoms with Crippen molar-refractivity contribution in [2.75, 3.05) is 31.5 Å². The molecule has 0 saturated carbocycles. The number of amides is 2. The summed E-state index contributed by atoms with van der Waals surface area (Å²) < 4.78 is 13.9. The maximum Gasteiger partial charge on any atom is 0.256 e. The Balaban J connectivity index is 1.35. The zero-order chi connectivity index (χ0) is 25.1. The number of carbonyl (C=O) groups is 2. The average molecular weight is 487 g/mol. The monoisotopic (exact) mass is 486 g/mol. The lowest BCUT2D eigenvalue weighted by Gasteiger charge is -2.14. The van der Waals surface area contributed by atoms with Crippen LogP contribution in [0.1, 0.15) is 41.8 Å². The van der Waals surface area contributed by atoms with Gasteiger partial charge < -0.3 is 20.5 Å². The van der Waals surface area contributed by atoms with Crippen LogP contribution < -0.4 is 10.6 Å². The minimum atomic E-state index is -0.332. The van der Waals surface area contributed by atoms with Crippen molar-refractivity contribution in [2.45, 2.75) is 32.6 Å². The number of aromatic amines is 1. The molecular weight excluding hydrogens is 455 g/mol. The molecule has 3 heterocycles. The van der Waals surface area contributed by atoms with Gasteiger partial charge in [0.15, 0.2) is 0 Å². The van der Waals surface area contributed by atoms with E-state index >= 15 is 0 Å². The summed E-state index contributed by atoms with van der Waals surface area (Å²) in [5.74, 6) is -0.591. The predicted octanol–water partition coefficient (Wildman–Crippen LogP) is 4.77. The number of nitrogens with zero attached hydrogens (tertiary/aromatic N) is 1. The number of aromatic nitrogens is 1. The van der Waals surface area contributed by atoms with E-state index in [9.17, 15) is 14.0 Å². The second kappa shape index (κ2) is 10.5. The highest BCUT2D eigenvalue weighted by atomic mass is 19.1. The molecule has 36 heavy (non-hydrogen) atoms. The first-order valence-electron chi connectivity index (χ1n) is 12.6. The molecule has 2 amide bonds. The van der Waals surface area contributed by atoms with E-state index in [1.165, 1.54) is 25.0 Å². The standard InChI is InChI=1S/C29H31FN4O2/c1-19-15-21(17-27(35)31-11-6-14-34-12-2-3-13-34)26(32-19)18-24-28-23(20-7-4-8-22(30)16-20)9-5-10-25(28)33-29(24)36/h4-5,7-10,15-16,18,32H,2-3,6,11-14,17H2,1H3,(H,31,35)(H,33,36). The molecule has 3 N–H and O–H groups in total. The fraction of sp³-hybridized carbons (Fsp3) is 0.310. The number of nitrogens with one attached hydrogen (secondary N) is 3. The number of fused-ring (bicyclic) bond motifs is 1. The van der Waals surface area contributed by atoms with Crippen molar-refractivity contribution in [3.63, 3.8) is 0 Å². The minimum Gasteiger partial charge on any atom is -0.359 e. The molecule has 6 nitrogen and oxygen atoms in total. The molecule has 2 aliphatic heterocycles. The number of rotatable bonds is 8. The van der Waals surface area contributed by atoms with Crippen LogP contribution in [0.2, 0.25) is 0 Å². The smallest absolute Gasteiger partial charge is 0.256 e. The lowest BCUT2D eigenvalue weighted by atomic mass is 9.94. The zero-order valence-electron chi connectivity index (χ0n) is 20.5. The van der Waals surface area contributed by atoms with Crippen LogP contribution in [0.25, 0.3) is 22.8 Å². The molecule has 186 valence electrons. The van der Waals surface area contributed by atoms with Gasteiger partial charge in [-0.15, -0.1) is 0 Å².